The van der Waals surface area contributed by atoms with Crippen molar-refractivity contribution in [1.29, 1.82) is 0 Å². The molecule has 11 nitrogen and oxygen atoms in total. The number of urea groups is 1. The van der Waals surface area contributed by atoms with Crippen molar-refractivity contribution in [2.75, 3.05) is 36.5 Å². The number of hydrogen-bond donors (Lipinski definition) is 3. The summed E-state index contributed by atoms with van der Waals surface area (Å²) in [6, 6.07) is 20.7. The molecule has 3 aliphatic heterocycles. The monoisotopic (exact) mass is 596 g/mol. The fourth-order valence-electron chi connectivity index (χ4n) is 5.42. The number of rotatable bonds is 7. The van der Waals surface area contributed by atoms with Crippen molar-refractivity contribution in [2.24, 2.45) is 0 Å². The van der Waals surface area contributed by atoms with Crippen molar-refractivity contribution in [3.8, 4) is 17.2 Å². The Bertz CT molecular complexity index is 1670. The third-order valence-corrected chi connectivity index (χ3v) is 8.84. The number of anilines is 3. The highest BCUT2D eigenvalue weighted by Crippen LogP contribution is 2.50. The van der Waals surface area contributed by atoms with E-state index in [0.29, 0.717) is 59.0 Å². The first-order valence-corrected chi connectivity index (χ1v) is 14.8. The quantitative estimate of drug-likeness (QED) is 0.257. The molecule has 3 amide bonds. The number of aromatic nitrogens is 2. The molecule has 3 aliphatic rings. The Hall–Kier alpha value is -4.65. The molecule has 1 saturated heterocycles. The van der Waals surface area contributed by atoms with Gasteiger partial charge in [-0.2, -0.15) is 0 Å². The summed E-state index contributed by atoms with van der Waals surface area (Å²) in [5, 5.41) is 16.5. The summed E-state index contributed by atoms with van der Waals surface area (Å²) in [6.07, 6.45) is 1.40. The number of morpholine rings is 1. The smallest absolute Gasteiger partial charge is 0.328 e. The van der Waals surface area contributed by atoms with Crippen molar-refractivity contribution in [3.05, 3.63) is 90.3 Å². The predicted octanol–water partition coefficient (Wildman–Crippen LogP) is 4.82. The second kappa shape index (κ2) is 11.6. The Morgan fingerprint density at radius 1 is 1.05 bits per heavy atom. The van der Waals surface area contributed by atoms with E-state index in [4.69, 9.17) is 9.47 Å². The minimum atomic E-state index is -0.673. The molecule has 2 atom stereocenters. The normalized spacial score (nSPS) is 19.4. The molecule has 0 aliphatic carbocycles. The van der Waals surface area contributed by atoms with E-state index in [1.807, 2.05) is 36.4 Å². The molecule has 218 valence electrons. The summed E-state index contributed by atoms with van der Waals surface area (Å²) < 4.78 is 11.3. The number of phenolic OH excluding ortho intramolecular Hbond substituents is 1. The van der Waals surface area contributed by atoms with Gasteiger partial charge in [-0.25, -0.2) is 19.7 Å². The van der Waals surface area contributed by atoms with Crippen LogP contribution >= 0.6 is 11.8 Å². The van der Waals surface area contributed by atoms with Crippen LogP contribution in [0.3, 0.4) is 0 Å². The number of nitrogens with zero attached hydrogens (tertiary/aromatic N) is 4. The highest BCUT2D eigenvalue weighted by atomic mass is 32.2. The van der Waals surface area contributed by atoms with Crippen LogP contribution < -0.4 is 20.3 Å². The van der Waals surface area contributed by atoms with Gasteiger partial charge in [-0.05, 0) is 42.5 Å². The summed E-state index contributed by atoms with van der Waals surface area (Å²) in [7, 11) is 0. The van der Waals surface area contributed by atoms with Gasteiger partial charge in [0.15, 0.2) is 5.82 Å². The first-order chi connectivity index (χ1) is 21.0. The lowest BCUT2D eigenvalue weighted by Gasteiger charge is -2.33. The first-order valence-electron chi connectivity index (χ1n) is 13.9. The molecule has 3 aromatic carbocycles. The lowest BCUT2D eigenvalue weighted by Crippen LogP contribution is -2.48. The number of thioether (sulfide) groups is 1. The summed E-state index contributed by atoms with van der Waals surface area (Å²) in [4.78, 5) is 39.5. The molecule has 1 aromatic heterocycles. The number of carbonyl (C=O) groups excluding carboxylic acids is 2. The van der Waals surface area contributed by atoms with Crippen LogP contribution in [0.2, 0.25) is 0 Å². The van der Waals surface area contributed by atoms with Crippen molar-refractivity contribution in [3.63, 3.8) is 0 Å². The summed E-state index contributed by atoms with van der Waals surface area (Å²) in [6.45, 7) is 3.56. The largest absolute Gasteiger partial charge is 0.508 e. The number of hydrogen-bond acceptors (Lipinski definition) is 9. The SMILES string of the molecule is O=C(Nc1ccc(CN2CCOCC2)c(O)c1)C1Sc2ncnc3c2C1NC(=O)N3c1ccc(Oc2ccccc2)cc1. The van der Waals surface area contributed by atoms with Crippen LogP contribution in [0.25, 0.3) is 0 Å². The van der Waals surface area contributed by atoms with Crippen LogP contribution in [0, 0.1) is 0 Å². The van der Waals surface area contributed by atoms with E-state index in [-0.39, 0.29) is 11.7 Å². The lowest BCUT2D eigenvalue weighted by molar-refractivity contribution is -0.116. The van der Waals surface area contributed by atoms with Crippen LogP contribution in [0.5, 0.6) is 17.2 Å². The maximum Gasteiger partial charge on any atom is 0.328 e. The number of nitrogens with one attached hydrogen (secondary N) is 2. The number of phenols is 1. The zero-order valence-electron chi connectivity index (χ0n) is 23.0. The second-order valence-corrected chi connectivity index (χ2v) is 11.5. The number of para-hydroxylation sites is 1. The average Bonchev–Trinajstić information content (AvgIpc) is 3.40. The number of benzene rings is 3. The van der Waals surface area contributed by atoms with E-state index < -0.39 is 17.3 Å². The standard InChI is InChI=1S/C31H28N6O5S/c38-24-16-20(7-6-19(24)17-36-12-14-41-15-13-36)34-29(39)27-26-25-28(32-18-33-30(25)43-27)37(31(40)35-26)21-8-10-23(11-9-21)42-22-4-2-1-3-5-22/h1-11,16,18,26-27,38H,12-15,17H2,(H,34,39)(H,35,40). The van der Waals surface area contributed by atoms with Crippen molar-refractivity contribution in [2.45, 2.75) is 22.9 Å². The lowest BCUT2D eigenvalue weighted by atomic mass is 10.0. The molecule has 7 rings (SSSR count). The van der Waals surface area contributed by atoms with Gasteiger partial charge < -0.3 is 25.2 Å². The Morgan fingerprint density at radius 3 is 2.58 bits per heavy atom. The number of amides is 3. The van der Waals surface area contributed by atoms with Crippen LogP contribution in [0.1, 0.15) is 17.2 Å². The van der Waals surface area contributed by atoms with Gasteiger partial charge in [0.2, 0.25) is 5.91 Å². The van der Waals surface area contributed by atoms with Crippen molar-refractivity contribution in [1.82, 2.24) is 20.2 Å². The van der Waals surface area contributed by atoms with Crippen LogP contribution in [0.4, 0.5) is 22.0 Å². The van der Waals surface area contributed by atoms with Gasteiger partial charge in [-0.15, -0.1) is 0 Å². The number of ether oxygens (including phenoxy) is 2. The van der Waals surface area contributed by atoms with E-state index >= 15 is 0 Å². The van der Waals surface area contributed by atoms with E-state index in [1.54, 1.807) is 36.4 Å². The van der Waals surface area contributed by atoms with E-state index in [9.17, 15) is 14.7 Å². The molecular weight excluding hydrogens is 568 g/mol. The van der Waals surface area contributed by atoms with Gasteiger partial charge in [0.1, 0.15) is 33.9 Å². The molecule has 0 bridgehead atoms. The summed E-state index contributed by atoms with van der Waals surface area (Å²) in [5.74, 6) is 1.58. The maximum absolute atomic E-state index is 13.5. The highest BCUT2D eigenvalue weighted by Gasteiger charge is 2.47. The highest BCUT2D eigenvalue weighted by molar-refractivity contribution is 8.01. The predicted molar refractivity (Wildman–Crippen MR) is 161 cm³/mol. The topological polar surface area (TPSA) is 129 Å². The number of aromatic hydroxyl groups is 1. The minimum absolute atomic E-state index is 0.113. The molecule has 4 heterocycles. The van der Waals surface area contributed by atoms with Gasteiger partial charge in [-0.3, -0.25) is 9.69 Å². The van der Waals surface area contributed by atoms with Gasteiger partial charge in [0.25, 0.3) is 0 Å². The Balaban J connectivity index is 1.07. The van der Waals surface area contributed by atoms with Gasteiger partial charge >= 0.3 is 6.03 Å². The Morgan fingerprint density at radius 2 is 1.81 bits per heavy atom. The van der Waals surface area contributed by atoms with Gasteiger partial charge in [0, 0.05) is 37.0 Å². The van der Waals surface area contributed by atoms with Gasteiger partial charge in [-0.1, -0.05) is 36.0 Å². The fraction of sp³-hybridized carbons (Fsp3) is 0.226. The molecule has 2 unspecified atom stereocenters. The Kier molecular flexibility index (Phi) is 7.31. The third-order valence-electron chi connectivity index (χ3n) is 7.56. The molecule has 1 fully saturated rings. The molecule has 12 heteroatoms. The van der Waals surface area contributed by atoms with Crippen molar-refractivity contribution < 1.29 is 24.2 Å². The zero-order valence-corrected chi connectivity index (χ0v) is 23.8. The van der Waals surface area contributed by atoms with Crippen LogP contribution in [-0.2, 0) is 16.1 Å². The molecular formula is C31H28N6O5S. The number of carbonyl (C=O) groups is 2. The van der Waals surface area contributed by atoms with E-state index in [1.165, 1.54) is 23.0 Å². The molecule has 43 heavy (non-hydrogen) atoms. The second-order valence-electron chi connectivity index (χ2n) is 10.3. The molecule has 0 spiro atoms. The average molecular weight is 597 g/mol. The maximum atomic E-state index is 13.5. The summed E-state index contributed by atoms with van der Waals surface area (Å²) >= 11 is 1.28. The van der Waals surface area contributed by atoms with E-state index in [2.05, 4.69) is 25.5 Å². The zero-order chi connectivity index (χ0) is 29.3. The van der Waals surface area contributed by atoms with Gasteiger partial charge in [0.05, 0.1) is 30.5 Å². The summed E-state index contributed by atoms with van der Waals surface area (Å²) in [5.41, 5.74) is 2.54. The van der Waals surface area contributed by atoms with Crippen LogP contribution in [-0.4, -0.2) is 63.5 Å². The first kappa shape index (κ1) is 27.2. The molecule has 0 radical (unpaired) electrons. The molecule has 4 aromatic rings. The molecule has 0 saturated carbocycles. The molecule has 3 N–H and O–H groups in total. The fourth-order valence-corrected chi connectivity index (χ4v) is 6.62. The Labute approximate surface area is 251 Å². The van der Waals surface area contributed by atoms with E-state index in [0.717, 1.165) is 18.7 Å². The van der Waals surface area contributed by atoms with Crippen LogP contribution in [0.15, 0.2) is 84.1 Å². The minimum Gasteiger partial charge on any atom is -0.508 e. The third kappa shape index (κ3) is 5.47. The van der Waals surface area contributed by atoms with Crippen molar-refractivity contribution >= 4 is 40.9 Å².